The second kappa shape index (κ2) is 6.21. The summed E-state index contributed by atoms with van der Waals surface area (Å²) in [5.74, 6) is 0.805. The molecule has 2 heteroatoms. The number of piperidine rings is 1. The lowest BCUT2D eigenvalue weighted by atomic mass is 9.83. The normalized spacial score (nSPS) is 31.3. The molecular weight excluding hydrogens is 316 g/mol. The first-order chi connectivity index (χ1) is 12.7. The molecule has 0 unspecified atom stereocenters. The van der Waals surface area contributed by atoms with Gasteiger partial charge in [-0.25, -0.2) is 0 Å². The van der Waals surface area contributed by atoms with Crippen LogP contribution in [0.1, 0.15) is 48.8 Å². The van der Waals surface area contributed by atoms with Crippen LogP contribution in [0, 0.1) is 5.92 Å². The van der Waals surface area contributed by atoms with E-state index in [1.165, 1.54) is 57.2 Å². The standard InChI is InChI=1S/C24H30N2/c25-24(18-23(24)13-10-21-8-4-5-9-22(21)23)16-19-11-14-26(15-12-19)17-20-6-2-1-3-7-20/h1-9,19H,10-18,25H2/t23-,24+/m0/s1. The third-order valence-corrected chi connectivity index (χ3v) is 7.41. The molecule has 2 atom stereocenters. The molecule has 1 spiro atoms. The van der Waals surface area contributed by atoms with Crippen LogP contribution >= 0.6 is 0 Å². The molecule has 0 bridgehead atoms. The van der Waals surface area contributed by atoms with Crippen LogP contribution in [0.4, 0.5) is 0 Å². The molecule has 5 rings (SSSR count). The lowest BCUT2D eigenvalue weighted by Gasteiger charge is -2.34. The van der Waals surface area contributed by atoms with Gasteiger partial charge in [0.15, 0.2) is 0 Å². The fraction of sp³-hybridized carbons (Fsp3) is 0.500. The minimum atomic E-state index is 0.0614. The SMILES string of the molecule is N[C@]1(CC2CCN(Cc3ccccc3)CC2)C[C@]12CCc1ccccc12. The van der Waals surface area contributed by atoms with Crippen molar-refractivity contribution in [2.45, 2.75) is 56.0 Å². The maximum atomic E-state index is 6.98. The van der Waals surface area contributed by atoms with Gasteiger partial charge in [0.2, 0.25) is 0 Å². The fourth-order valence-electron chi connectivity index (χ4n) is 5.86. The third kappa shape index (κ3) is 2.71. The zero-order valence-electron chi connectivity index (χ0n) is 15.7. The van der Waals surface area contributed by atoms with Gasteiger partial charge in [-0.3, -0.25) is 4.90 Å². The predicted octanol–water partition coefficient (Wildman–Crippen LogP) is 4.27. The van der Waals surface area contributed by atoms with Crippen LogP contribution in [0.2, 0.25) is 0 Å². The third-order valence-electron chi connectivity index (χ3n) is 7.41. The highest BCUT2D eigenvalue weighted by Gasteiger charge is 2.67. The van der Waals surface area contributed by atoms with E-state index in [0.29, 0.717) is 5.41 Å². The summed E-state index contributed by atoms with van der Waals surface area (Å²) in [4.78, 5) is 2.61. The molecular formula is C24H30N2. The van der Waals surface area contributed by atoms with Crippen LogP contribution in [0.15, 0.2) is 54.6 Å². The molecule has 2 aromatic rings. The van der Waals surface area contributed by atoms with Gasteiger partial charge in [0.1, 0.15) is 0 Å². The van der Waals surface area contributed by atoms with Crippen molar-refractivity contribution in [1.82, 2.24) is 4.90 Å². The molecule has 0 amide bonds. The molecule has 1 aliphatic heterocycles. The molecule has 2 aliphatic carbocycles. The van der Waals surface area contributed by atoms with E-state index >= 15 is 0 Å². The number of aryl methyl sites for hydroxylation is 1. The van der Waals surface area contributed by atoms with Crippen LogP contribution in [0.25, 0.3) is 0 Å². The second-order valence-electron chi connectivity index (χ2n) is 8.98. The van der Waals surface area contributed by atoms with E-state index in [0.717, 1.165) is 12.5 Å². The molecule has 136 valence electrons. The Labute approximate surface area is 157 Å². The van der Waals surface area contributed by atoms with Crippen molar-refractivity contribution in [2.75, 3.05) is 13.1 Å². The summed E-state index contributed by atoms with van der Waals surface area (Å²) in [6, 6.07) is 19.9. The van der Waals surface area contributed by atoms with E-state index < -0.39 is 0 Å². The largest absolute Gasteiger partial charge is 0.324 e. The summed E-state index contributed by atoms with van der Waals surface area (Å²) >= 11 is 0. The maximum absolute atomic E-state index is 6.98. The molecule has 2 nitrogen and oxygen atoms in total. The van der Waals surface area contributed by atoms with Crippen molar-refractivity contribution < 1.29 is 0 Å². The lowest BCUT2D eigenvalue weighted by molar-refractivity contribution is 0.163. The van der Waals surface area contributed by atoms with Gasteiger partial charge in [-0.05, 0) is 74.2 Å². The van der Waals surface area contributed by atoms with E-state index in [1.54, 1.807) is 11.1 Å². The lowest BCUT2D eigenvalue weighted by Crippen LogP contribution is -2.39. The highest BCUT2D eigenvalue weighted by Crippen LogP contribution is 2.65. The first-order valence-corrected chi connectivity index (χ1v) is 10.3. The van der Waals surface area contributed by atoms with Gasteiger partial charge in [-0.15, -0.1) is 0 Å². The highest BCUT2D eigenvalue weighted by atomic mass is 15.1. The van der Waals surface area contributed by atoms with E-state index in [-0.39, 0.29) is 5.54 Å². The summed E-state index contributed by atoms with van der Waals surface area (Å²) in [5.41, 5.74) is 11.9. The smallest absolute Gasteiger partial charge is 0.0265 e. The first-order valence-electron chi connectivity index (χ1n) is 10.3. The van der Waals surface area contributed by atoms with Gasteiger partial charge < -0.3 is 5.73 Å². The average molecular weight is 347 g/mol. The van der Waals surface area contributed by atoms with Crippen molar-refractivity contribution in [1.29, 1.82) is 0 Å². The Bertz CT molecular complexity index is 778. The average Bonchev–Trinajstić information content (AvgIpc) is 3.08. The Balaban J connectivity index is 1.19. The zero-order valence-corrected chi connectivity index (χ0v) is 15.7. The highest BCUT2D eigenvalue weighted by molar-refractivity contribution is 5.50. The monoisotopic (exact) mass is 346 g/mol. The number of likely N-dealkylation sites (tertiary alicyclic amines) is 1. The Kier molecular flexibility index (Phi) is 3.95. The molecule has 2 aromatic carbocycles. The molecule has 1 saturated carbocycles. The van der Waals surface area contributed by atoms with Gasteiger partial charge in [-0.2, -0.15) is 0 Å². The minimum absolute atomic E-state index is 0.0614. The zero-order chi connectivity index (χ0) is 17.6. The van der Waals surface area contributed by atoms with Crippen molar-refractivity contribution in [3.05, 3.63) is 71.3 Å². The number of benzene rings is 2. The topological polar surface area (TPSA) is 29.3 Å². The van der Waals surface area contributed by atoms with Crippen LogP contribution in [-0.2, 0) is 18.4 Å². The molecule has 0 radical (unpaired) electrons. The van der Waals surface area contributed by atoms with Crippen LogP contribution in [0.3, 0.4) is 0 Å². The van der Waals surface area contributed by atoms with Crippen LogP contribution < -0.4 is 5.73 Å². The molecule has 1 heterocycles. The van der Waals surface area contributed by atoms with Crippen molar-refractivity contribution in [3.63, 3.8) is 0 Å². The van der Waals surface area contributed by atoms with Gasteiger partial charge in [0, 0.05) is 17.5 Å². The number of fused-ring (bicyclic) bond motifs is 2. The summed E-state index contributed by atoms with van der Waals surface area (Å²) in [7, 11) is 0. The Morgan fingerprint density at radius 3 is 2.50 bits per heavy atom. The number of hydrogen-bond acceptors (Lipinski definition) is 2. The summed E-state index contributed by atoms with van der Waals surface area (Å²) in [6.07, 6.45) is 7.55. The van der Waals surface area contributed by atoms with Crippen molar-refractivity contribution >= 4 is 0 Å². The van der Waals surface area contributed by atoms with Crippen molar-refractivity contribution in [2.24, 2.45) is 11.7 Å². The fourth-order valence-corrected chi connectivity index (χ4v) is 5.86. The van der Waals surface area contributed by atoms with Crippen LogP contribution in [-0.4, -0.2) is 23.5 Å². The van der Waals surface area contributed by atoms with E-state index in [9.17, 15) is 0 Å². The van der Waals surface area contributed by atoms with Gasteiger partial charge in [0.25, 0.3) is 0 Å². The Hall–Kier alpha value is -1.64. The van der Waals surface area contributed by atoms with E-state index in [4.69, 9.17) is 5.73 Å². The second-order valence-corrected chi connectivity index (χ2v) is 8.98. The minimum Gasteiger partial charge on any atom is -0.324 e. The van der Waals surface area contributed by atoms with E-state index in [2.05, 4.69) is 59.5 Å². The summed E-state index contributed by atoms with van der Waals surface area (Å²) in [5, 5.41) is 0. The van der Waals surface area contributed by atoms with Gasteiger partial charge >= 0.3 is 0 Å². The molecule has 3 aliphatic rings. The van der Waals surface area contributed by atoms with E-state index in [1.807, 2.05) is 0 Å². The van der Waals surface area contributed by atoms with Crippen molar-refractivity contribution in [3.8, 4) is 0 Å². The molecule has 1 saturated heterocycles. The number of hydrogen-bond donors (Lipinski definition) is 1. The molecule has 2 N–H and O–H groups in total. The Morgan fingerprint density at radius 2 is 1.69 bits per heavy atom. The van der Waals surface area contributed by atoms with Crippen LogP contribution in [0.5, 0.6) is 0 Å². The van der Waals surface area contributed by atoms with Gasteiger partial charge in [-0.1, -0.05) is 54.6 Å². The summed E-state index contributed by atoms with van der Waals surface area (Å²) in [6.45, 7) is 3.54. The number of rotatable bonds is 4. The quantitative estimate of drug-likeness (QED) is 0.895. The first kappa shape index (κ1) is 16.5. The predicted molar refractivity (Wildman–Crippen MR) is 107 cm³/mol. The summed E-state index contributed by atoms with van der Waals surface area (Å²) < 4.78 is 0. The number of nitrogens with two attached hydrogens (primary N) is 1. The maximum Gasteiger partial charge on any atom is 0.0265 e. The molecule has 2 fully saturated rings. The molecule has 26 heavy (non-hydrogen) atoms. The van der Waals surface area contributed by atoms with Gasteiger partial charge in [0.05, 0.1) is 0 Å². The number of nitrogens with zero attached hydrogens (tertiary/aromatic N) is 1. The Morgan fingerprint density at radius 1 is 0.962 bits per heavy atom. The molecule has 0 aromatic heterocycles.